The zero-order valence-corrected chi connectivity index (χ0v) is 17.0. The number of nitrogens with one attached hydrogen (secondary N) is 2. The van der Waals surface area contributed by atoms with Gasteiger partial charge in [-0.05, 0) is 49.2 Å². The number of anilines is 2. The van der Waals surface area contributed by atoms with Gasteiger partial charge in [-0.15, -0.1) is 0 Å². The van der Waals surface area contributed by atoms with Crippen LogP contribution in [0, 0.1) is 13.8 Å². The summed E-state index contributed by atoms with van der Waals surface area (Å²) in [6.45, 7) is 3.84. The number of hydrogen-bond donors (Lipinski definition) is 2. The van der Waals surface area contributed by atoms with Crippen LogP contribution in [0.3, 0.4) is 0 Å². The van der Waals surface area contributed by atoms with Gasteiger partial charge >= 0.3 is 0 Å². The topological polar surface area (TPSA) is 79.9 Å². The summed E-state index contributed by atoms with van der Waals surface area (Å²) in [6, 6.07) is 11.1. The molecular weight excluding hydrogens is 358 g/mol. The molecule has 2 aromatic carbocycles. The Kier molecular flexibility index (Phi) is 7.26. The fourth-order valence-electron chi connectivity index (χ4n) is 2.45. The van der Waals surface area contributed by atoms with Crippen molar-refractivity contribution in [1.82, 2.24) is 4.90 Å². The Morgan fingerprint density at radius 2 is 1.64 bits per heavy atom. The van der Waals surface area contributed by atoms with E-state index in [4.69, 9.17) is 9.47 Å². The Labute approximate surface area is 165 Å². The van der Waals surface area contributed by atoms with E-state index in [1.54, 1.807) is 21.2 Å². The minimum Gasteiger partial charge on any atom is -0.495 e. The third kappa shape index (κ3) is 5.90. The van der Waals surface area contributed by atoms with E-state index in [0.29, 0.717) is 22.9 Å². The van der Waals surface area contributed by atoms with Gasteiger partial charge in [0.1, 0.15) is 11.5 Å². The molecule has 0 bridgehead atoms. The molecule has 7 nitrogen and oxygen atoms in total. The molecule has 2 N–H and O–H groups in total. The molecule has 0 heterocycles. The van der Waals surface area contributed by atoms with Crippen molar-refractivity contribution in [3.63, 3.8) is 0 Å². The number of amides is 2. The third-order valence-corrected chi connectivity index (χ3v) is 4.06. The van der Waals surface area contributed by atoms with Crippen LogP contribution in [0.15, 0.2) is 36.4 Å². The van der Waals surface area contributed by atoms with Crippen LogP contribution in [-0.2, 0) is 9.59 Å². The smallest absolute Gasteiger partial charge is 0.259 e. The molecule has 0 unspecified atom stereocenters. The van der Waals surface area contributed by atoms with Gasteiger partial charge in [0.25, 0.3) is 5.91 Å². The minimum absolute atomic E-state index is 0.0398. The zero-order chi connectivity index (χ0) is 20.7. The van der Waals surface area contributed by atoms with Crippen LogP contribution in [-0.4, -0.2) is 51.1 Å². The molecule has 0 saturated carbocycles. The molecule has 2 aromatic rings. The van der Waals surface area contributed by atoms with Gasteiger partial charge in [0.15, 0.2) is 6.61 Å². The van der Waals surface area contributed by atoms with E-state index in [2.05, 4.69) is 10.6 Å². The number of nitrogens with zero attached hydrogens (tertiary/aromatic N) is 1. The monoisotopic (exact) mass is 385 g/mol. The quantitative estimate of drug-likeness (QED) is 0.730. The number of ether oxygens (including phenoxy) is 2. The molecule has 0 aliphatic carbocycles. The SMILES string of the molecule is COc1ccc(C)cc1NC(=O)CNc1ccc(C)cc1OCC(=O)N(C)C. The maximum Gasteiger partial charge on any atom is 0.259 e. The first-order valence-electron chi connectivity index (χ1n) is 8.92. The number of aryl methyl sites for hydroxylation is 2. The van der Waals surface area contributed by atoms with Crippen molar-refractivity contribution in [2.45, 2.75) is 13.8 Å². The number of carbonyl (C=O) groups is 2. The minimum atomic E-state index is -0.222. The van der Waals surface area contributed by atoms with E-state index >= 15 is 0 Å². The van der Waals surface area contributed by atoms with E-state index < -0.39 is 0 Å². The highest BCUT2D eigenvalue weighted by molar-refractivity contribution is 5.95. The molecule has 2 amide bonds. The Bertz CT molecular complexity index is 850. The molecular formula is C21H27N3O4. The second-order valence-electron chi connectivity index (χ2n) is 6.68. The van der Waals surface area contributed by atoms with Gasteiger partial charge in [0.05, 0.1) is 25.0 Å². The Morgan fingerprint density at radius 3 is 2.32 bits per heavy atom. The summed E-state index contributed by atoms with van der Waals surface area (Å²) in [7, 11) is 4.90. The summed E-state index contributed by atoms with van der Waals surface area (Å²) < 4.78 is 10.9. The summed E-state index contributed by atoms with van der Waals surface area (Å²) in [6.07, 6.45) is 0. The summed E-state index contributed by atoms with van der Waals surface area (Å²) in [5.41, 5.74) is 3.27. The van der Waals surface area contributed by atoms with Crippen LogP contribution in [0.4, 0.5) is 11.4 Å². The van der Waals surface area contributed by atoms with Gasteiger partial charge in [-0.1, -0.05) is 12.1 Å². The first-order valence-corrected chi connectivity index (χ1v) is 8.92. The van der Waals surface area contributed by atoms with Gasteiger partial charge in [-0.25, -0.2) is 0 Å². The first-order chi connectivity index (χ1) is 13.3. The average molecular weight is 385 g/mol. The molecule has 150 valence electrons. The molecule has 0 atom stereocenters. The van der Waals surface area contributed by atoms with Crippen LogP contribution in [0.5, 0.6) is 11.5 Å². The van der Waals surface area contributed by atoms with Crippen molar-refractivity contribution in [2.75, 3.05) is 45.0 Å². The van der Waals surface area contributed by atoms with Crippen molar-refractivity contribution >= 4 is 23.2 Å². The summed E-state index contributed by atoms with van der Waals surface area (Å²) >= 11 is 0. The third-order valence-electron chi connectivity index (χ3n) is 4.06. The average Bonchev–Trinajstić information content (AvgIpc) is 2.65. The number of hydrogen-bond acceptors (Lipinski definition) is 5. The van der Waals surface area contributed by atoms with E-state index in [-0.39, 0.29) is 25.0 Å². The zero-order valence-electron chi connectivity index (χ0n) is 17.0. The van der Waals surface area contributed by atoms with Crippen LogP contribution >= 0.6 is 0 Å². The molecule has 0 aliphatic heterocycles. The van der Waals surface area contributed by atoms with Crippen molar-refractivity contribution in [1.29, 1.82) is 0 Å². The molecule has 0 aliphatic rings. The van der Waals surface area contributed by atoms with Gasteiger partial charge in [0.2, 0.25) is 5.91 Å². The van der Waals surface area contributed by atoms with Crippen LogP contribution < -0.4 is 20.1 Å². The first kappa shape index (κ1) is 21.1. The molecule has 2 rings (SSSR count). The van der Waals surface area contributed by atoms with Gasteiger partial charge in [0, 0.05) is 14.1 Å². The van der Waals surface area contributed by atoms with E-state index in [1.165, 1.54) is 4.90 Å². The van der Waals surface area contributed by atoms with Gasteiger partial charge < -0.3 is 25.0 Å². The molecule has 28 heavy (non-hydrogen) atoms. The summed E-state index contributed by atoms with van der Waals surface area (Å²) in [4.78, 5) is 25.6. The van der Waals surface area contributed by atoms with Crippen LogP contribution in [0.2, 0.25) is 0 Å². The largest absolute Gasteiger partial charge is 0.495 e. The van der Waals surface area contributed by atoms with Gasteiger partial charge in [-0.2, -0.15) is 0 Å². The second-order valence-corrected chi connectivity index (χ2v) is 6.68. The number of rotatable bonds is 8. The lowest BCUT2D eigenvalue weighted by molar-refractivity contribution is -0.130. The highest BCUT2D eigenvalue weighted by Crippen LogP contribution is 2.27. The lowest BCUT2D eigenvalue weighted by atomic mass is 10.2. The molecule has 0 spiro atoms. The standard InChI is InChI=1S/C21H27N3O4/c1-14-7-9-18(27-5)17(10-14)23-20(25)12-22-16-8-6-15(2)11-19(16)28-13-21(26)24(3)4/h6-11,22H,12-13H2,1-5H3,(H,23,25). The summed E-state index contributed by atoms with van der Waals surface area (Å²) in [5.74, 6) is 0.758. The van der Waals surface area contributed by atoms with Crippen molar-refractivity contribution in [3.8, 4) is 11.5 Å². The molecule has 0 saturated heterocycles. The van der Waals surface area contributed by atoms with Crippen LogP contribution in [0.25, 0.3) is 0 Å². The highest BCUT2D eigenvalue weighted by atomic mass is 16.5. The van der Waals surface area contributed by atoms with Crippen molar-refractivity contribution in [3.05, 3.63) is 47.5 Å². The number of benzene rings is 2. The second kappa shape index (κ2) is 9.64. The number of carbonyl (C=O) groups excluding carboxylic acids is 2. The molecule has 0 aromatic heterocycles. The van der Waals surface area contributed by atoms with Gasteiger partial charge in [-0.3, -0.25) is 9.59 Å². The lowest BCUT2D eigenvalue weighted by Crippen LogP contribution is -2.28. The highest BCUT2D eigenvalue weighted by Gasteiger charge is 2.12. The van der Waals surface area contributed by atoms with Crippen molar-refractivity contribution in [2.24, 2.45) is 0 Å². The molecule has 0 fully saturated rings. The summed E-state index contributed by atoms with van der Waals surface area (Å²) in [5, 5.41) is 5.90. The van der Waals surface area contributed by atoms with E-state index in [0.717, 1.165) is 11.1 Å². The lowest BCUT2D eigenvalue weighted by Gasteiger charge is -2.16. The molecule has 7 heteroatoms. The normalized spacial score (nSPS) is 10.2. The predicted octanol–water partition coefficient (Wildman–Crippen LogP) is 2.83. The van der Waals surface area contributed by atoms with Crippen LogP contribution in [0.1, 0.15) is 11.1 Å². The van der Waals surface area contributed by atoms with E-state index in [1.807, 2.05) is 50.2 Å². The molecule has 0 radical (unpaired) electrons. The predicted molar refractivity (Wildman–Crippen MR) is 110 cm³/mol. The Morgan fingerprint density at radius 1 is 0.964 bits per heavy atom. The maximum absolute atomic E-state index is 12.4. The Balaban J connectivity index is 2.03. The fourth-order valence-corrected chi connectivity index (χ4v) is 2.45. The maximum atomic E-state index is 12.4. The number of likely N-dealkylation sites (N-methyl/N-ethyl adjacent to an activating group) is 1. The number of methoxy groups -OCH3 is 1. The Hall–Kier alpha value is -3.22. The van der Waals surface area contributed by atoms with Crippen molar-refractivity contribution < 1.29 is 19.1 Å². The van der Waals surface area contributed by atoms with E-state index in [9.17, 15) is 9.59 Å². The fraction of sp³-hybridized carbons (Fsp3) is 0.333.